The van der Waals surface area contributed by atoms with Gasteiger partial charge in [0, 0.05) is 12.1 Å². The fraction of sp³-hybridized carbons (Fsp3) is 0.409. The summed E-state index contributed by atoms with van der Waals surface area (Å²) in [6.07, 6.45) is 3.45. The molecule has 1 N–H and O–H groups in total. The van der Waals surface area contributed by atoms with Crippen molar-refractivity contribution in [2.75, 3.05) is 34.4 Å². The Balaban J connectivity index is 1.55. The summed E-state index contributed by atoms with van der Waals surface area (Å²) in [5.41, 5.74) is 3.79. The Morgan fingerprint density at radius 3 is 2.70 bits per heavy atom. The summed E-state index contributed by atoms with van der Waals surface area (Å²) in [6.45, 7) is 0.505. The fourth-order valence-electron chi connectivity index (χ4n) is 3.56. The van der Waals surface area contributed by atoms with Crippen molar-refractivity contribution in [1.29, 1.82) is 0 Å². The van der Waals surface area contributed by atoms with E-state index in [1.54, 1.807) is 7.11 Å². The third kappa shape index (κ3) is 4.80. The molecule has 144 valence electrons. The Morgan fingerprint density at radius 1 is 1.15 bits per heavy atom. The lowest BCUT2D eigenvalue weighted by Crippen LogP contribution is -2.37. The second-order valence-electron chi connectivity index (χ2n) is 7.10. The van der Waals surface area contributed by atoms with E-state index in [0.717, 1.165) is 29.9 Å². The van der Waals surface area contributed by atoms with Crippen LogP contribution < -0.4 is 14.8 Å². The van der Waals surface area contributed by atoms with Gasteiger partial charge in [0.2, 0.25) is 0 Å². The first-order valence-electron chi connectivity index (χ1n) is 9.39. The molecule has 0 aliphatic heterocycles. The second kappa shape index (κ2) is 8.91. The summed E-state index contributed by atoms with van der Waals surface area (Å²) < 4.78 is 11.1. The van der Waals surface area contributed by atoms with Crippen molar-refractivity contribution in [2.24, 2.45) is 0 Å². The van der Waals surface area contributed by atoms with E-state index in [9.17, 15) is 4.79 Å². The molecule has 27 heavy (non-hydrogen) atoms. The molecule has 0 heterocycles. The molecule has 0 spiro atoms. The number of nitrogens with zero attached hydrogens (tertiary/aromatic N) is 1. The SMILES string of the molecule is COc1ccccc1[C@H](CNC(=O)COc1ccc2c(c1)CCC2)N(C)C. The van der Waals surface area contributed by atoms with Crippen LogP contribution >= 0.6 is 0 Å². The molecule has 0 radical (unpaired) electrons. The van der Waals surface area contributed by atoms with Gasteiger partial charge in [0.15, 0.2) is 6.61 Å². The summed E-state index contributed by atoms with van der Waals surface area (Å²) in [6, 6.07) is 14.0. The van der Waals surface area contributed by atoms with E-state index in [4.69, 9.17) is 9.47 Å². The van der Waals surface area contributed by atoms with Crippen LogP contribution in [0.1, 0.15) is 29.2 Å². The van der Waals surface area contributed by atoms with Crippen LogP contribution in [0, 0.1) is 0 Å². The van der Waals surface area contributed by atoms with Crippen molar-refractivity contribution in [1.82, 2.24) is 10.2 Å². The van der Waals surface area contributed by atoms with Crippen molar-refractivity contribution in [3.05, 3.63) is 59.2 Å². The average molecular weight is 368 g/mol. The number of methoxy groups -OCH3 is 1. The molecule has 0 saturated carbocycles. The summed E-state index contributed by atoms with van der Waals surface area (Å²) in [5, 5.41) is 2.98. The van der Waals surface area contributed by atoms with Gasteiger partial charge in [-0.3, -0.25) is 4.79 Å². The maximum Gasteiger partial charge on any atom is 0.258 e. The summed E-state index contributed by atoms with van der Waals surface area (Å²) >= 11 is 0. The van der Waals surface area contributed by atoms with Crippen molar-refractivity contribution >= 4 is 5.91 Å². The highest BCUT2D eigenvalue weighted by atomic mass is 16.5. The molecule has 1 amide bonds. The lowest BCUT2D eigenvalue weighted by atomic mass is 10.0. The molecular weight excluding hydrogens is 340 g/mol. The van der Waals surface area contributed by atoms with Gasteiger partial charge in [-0.1, -0.05) is 24.3 Å². The maximum absolute atomic E-state index is 12.3. The first-order valence-corrected chi connectivity index (χ1v) is 9.39. The number of carbonyl (C=O) groups excluding carboxylic acids is 1. The molecule has 5 heteroatoms. The fourth-order valence-corrected chi connectivity index (χ4v) is 3.56. The van der Waals surface area contributed by atoms with Gasteiger partial charge in [-0.15, -0.1) is 0 Å². The largest absolute Gasteiger partial charge is 0.496 e. The van der Waals surface area contributed by atoms with Crippen molar-refractivity contribution in [2.45, 2.75) is 25.3 Å². The Bertz CT molecular complexity index is 789. The minimum absolute atomic E-state index is 0.0186. The molecule has 2 aromatic carbocycles. The smallest absolute Gasteiger partial charge is 0.258 e. The van der Waals surface area contributed by atoms with Crippen molar-refractivity contribution in [3.63, 3.8) is 0 Å². The number of hydrogen-bond acceptors (Lipinski definition) is 4. The topological polar surface area (TPSA) is 50.8 Å². The Hall–Kier alpha value is -2.53. The predicted octanol–water partition coefficient (Wildman–Crippen LogP) is 2.98. The summed E-state index contributed by atoms with van der Waals surface area (Å²) in [7, 11) is 5.64. The van der Waals surface area contributed by atoms with E-state index in [2.05, 4.69) is 22.3 Å². The number of hydrogen-bond donors (Lipinski definition) is 1. The highest BCUT2D eigenvalue weighted by Gasteiger charge is 2.19. The number of amides is 1. The van der Waals surface area contributed by atoms with Crippen LogP contribution in [0.4, 0.5) is 0 Å². The van der Waals surface area contributed by atoms with Crippen molar-refractivity contribution in [3.8, 4) is 11.5 Å². The minimum atomic E-state index is -0.128. The normalized spacial score (nSPS) is 13.9. The molecule has 3 rings (SSSR count). The van der Waals surface area contributed by atoms with Gasteiger partial charge >= 0.3 is 0 Å². The zero-order valence-electron chi connectivity index (χ0n) is 16.3. The average Bonchev–Trinajstić information content (AvgIpc) is 3.14. The van der Waals surface area contributed by atoms with Gasteiger partial charge in [-0.25, -0.2) is 0 Å². The molecule has 0 fully saturated rings. The Kier molecular flexibility index (Phi) is 6.35. The van der Waals surface area contributed by atoms with Crippen LogP contribution in [0.25, 0.3) is 0 Å². The van der Waals surface area contributed by atoms with Crippen LogP contribution in [-0.2, 0) is 17.6 Å². The molecule has 5 nitrogen and oxygen atoms in total. The molecule has 0 saturated heterocycles. The highest BCUT2D eigenvalue weighted by Crippen LogP contribution is 2.28. The molecule has 1 atom stereocenters. The summed E-state index contributed by atoms with van der Waals surface area (Å²) in [5.74, 6) is 1.46. The molecule has 0 aromatic heterocycles. The van der Waals surface area contributed by atoms with Crippen LogP contribution in [0.15, 0.2) is 42.5 Å². The monoisotopic (exact) mass is 368 g/mol. The second-order valence-corrected chi connectivity index (χ2v) is 7.10. The quantitative estimate of drug-likeness (QED) is 0.778. The zero-order valence-corrected chi connectivity index (χ0v) is 16.3. The lowest BCUT2D eigenvalue weighted by Gasteiger charge is -2.26. The minimum Gasteiger partial charge on any atom is -0.496 e. The van der Waals surface area contributed by atoms with Gasteiger partial charge in [0.1, 0.15) is 11.5 Å². The highest BCUT2D eigenvalue weighted by molar-refractivity contribution is 5.77. The first kappa shape index (κ1) is 19.2. The number of para-hydroxylation sites is 1. The number of carbonyl (C=O) groups is 1. The van der Waals surface area contributed by atoms with E-state index < -0.39 is 0 Å². The molecule has 0 unspecified atom stereocenters. The van der Waals surface area contributed by atoms with E-state index in [1.165, 1.54) is 17.5 Å². The van der Waals surface area contributed by atoms with Gasteiger partial charge in [0.05, 0.1) is 13.2 Å². The van der Waals surface area contributed by atoms with E-state index >= 15 is 0 Å². The Morgan fingerprint density at radius 2 is 1.93 bits per heavy atom. The molecule has 2 aromatic rings. The number of nitrogens with one attached hydrogen (secondary N) is 1. The predicted molar refractivity (Wildman–Crippen MR) is 106 cm³/mol. The van der Waals surface area contributed by atoms with Crippen LogP contribution in [-0.4, -0.2) is 45.2 Å². The van der Waals surface area contributed by atoms with Gasteiger partial charge in [-0.05, 0) is 62.7 Å². The molecule has 1 aliphatic carbocycles. The molecular formula is C22H28N2O3. The van der Waals surface area contributed by atoms with Crippen LogP contribution in [0.3, 0.4) is 0 Å². The zero-order chi connectivity index (χ0) is 19.2. The van der Waals surface area contributed by atoms with Gasteiger partial charge in [-0.2, -0.15) is 0 Å². The third-order valence-corrected chi connectivity index (χ3v) is 5.05. The molecule has 0 bridgehead atoms. The van der Waals surface area contributed by atoms with Crippen LogP contribution in [0.2, 0.25) is 0 Å². The number of aryl methyl sites for hydroxylation is 2. The number of benzene rings is 2. The summed E-state index contributed by atoms with van der Waals surface area (Å²) in [4.78, 5) is 14.3. The van der Waals surface area contributed by atoms with E-state index in [0.29, 0.717) is 6.54 Å². The number of likely N-dealkylation sites (N-methyl/N-ethyl adjacent to an activating group) is 1. The standard InChI is InChI=1S/C22H28N2O3/c1-24(2)20(19-9-4-5-10-21(19)26-3)14-23-22(25)15-27-18-12-11-16-7-6-8-17(16)13-18/h4-5,9-13,20H,6-8,14-15H2,1-3H3,(H,23,25)/t20-/m0/s1. The van der Waals surface area contributed by atoms with Crippen molar-refractivity contribution < 1.29 is 14.3 Å². The van der Waals surface area contributed by atoms with Gasteiger partial charge in [0.25, 0.3) is 5.91 Å². The number of rotatable bonds is 8. The van der Waals surface area contributed by atoms with E-state index in [1.807, 2.05) is 44.4 Å². The third-order valence-electron chi connectivity index (χ3n) is 5.05. The Labute approximate surface area is 161 Å². The molecule has 1 aliphatic rings. The number of ether oxygens (including phenoxy) is 2. The lowest BCUT2D eigenvalue weighted by molar-refractivity contribution is -0.123. The number of fused-ring (bicyclic) bond motifs is 1. The first-order chi connectivity index (χ1) is 13.1. The van der Waals surface area contributed by atoms with Crippen LogP contribution in [0.5, 0.6) is 11.5 Å². The van der Waals surface area contributed by atoms with E-state index in [-0.39, 0.29) is 18.6 Å². The van der Waals surface area contributed by atoms with Gasteiger partial charge < -0.3 is 19.7 Å². The maximum atomic E-state index is 12.3.